The third kappa shape index (κ3) is 42.1. The van der Waals surface area contributed by atoms with Crippen LogP contribution in [0.1, 0.15) is 290 Å². The normalized spacial score (nSPS) is 12.3. The summed E-state index contributed by atoms with van der Waals surface area (Å²) in [5.41, 5.74) is 0. The van der Waals surface area contributed by atoms with E-state index in [4.69, 9.17) is 0 Å². The van der Waals surface area contributed by atoms with Crippen molar-refractivity contribution in [3.05, 3.63) is 6.92 Å². The molecule has 0 aliphatic carbocycles. The zero-order valence-corrected chi connectivity index (χ0v) is 33.7. The van der Waals surface area contributed by atoms with Crippen molar-refractivity contribution < 1.29 is 0 Å². The average Bonchev–Trinajstić information content (AvgIpc) is 3.08. The molecule has 0 aliphatic rings. The van der Waals surface area contributed by atoms with Crippen molar-refractivity contribution in [3.63, 3.8) is 0 Å². The highest BCUT2D eigenvalue weighted by molar-refractivity contribution is 4.62. The Morgan fingerprint density at radius 1 is 0.234 bits per heavy atom. The molecule has 0 bridgehead atoms. The van der Waals surface area contributed by atoms with Crippen molar-refractivity contribution in [3.8, 4) is 0 Å². The Morgan fingerprint density at radius 2 is 0.404 bits per heavy atom. The van der Waals surface area contributed by atoms with E-state index < -0.39 is 0 Å². The summed E-state index contributed by atoms with van der Waals surface area (Å²) in [6.45, 7) is 8.81. The Labute approximate surface area is 302 Å². The lowest BCUT2D eigenvalue weighted by Gasteiger charge is -2.16. The quantitative estimate of drug-likeness (QED) is 0.0571. The molecule has 0 nitrogen and oxygen atoms in total. The van der Waals surface area contributed by atoms with Crippen LogP contribution in [0, 0.1) is 12.8 Å². The molecule has 0 N–H and O–H groups in total. The first kappa shape index (κ1) is 47.0. The van der Waals surface area contributed by atoms with E-state index in [-0.39, 0.29) is 0 Å². The molecule has 0 saturated carbocycles. The Kier molecular flexibility index (Phi) is 44.0. The van der Waals surface area contributed by atoms with Crippen molar-refractivity contribution in [2.24, 2.45) is 5.92 Å². The van der Waals surface area contributed by atoms with Crippen LogP contribution >= 0.6 is 0 Å². The van der Waals surface area contributed by atoms with Crippen LogP contribution in [0.2, 0.25) is 0 Å². The molecule has 1 radical (unpaired) electrons. The van der Waals surface area contributed by atoms with Gasteiger partial charge in [0.15, 0.2) is 0 Å². The van der Waals surface area contributed by atoms with E-state index in [0.29, 0.717) is 0 Å². The lowest BCUT2D eigenvalue weighted by molar-refractivity contribution is 0.381. The van der Waals surface area contributed by atoms with Crippen LogP contribution < -0.4 is 0 Å². The molecule has 0 aromatic heterocycles. The van der Waals surface area contributed by atoms with E-state index in [2.05, 4.69) is 20.8 Å². The topological polar surface area (TPSA) is 0 Å². The van der Waals surface area contributed by atoms with Gasteiger partial charge in [-0.1, -0.05) is 297 Å². The maximum Gasteiger partial charge on any atom is -0.0414 e. The Hall–Kier alpha value is 0. The number of hydrogen-bond donors (Lipinski definition) is 0. The first-order valence-corrected chi connectivity index (χ1v) is 23.1. The van der Waals surface area contributed by atoms with Crippen molar-refractivity contribution in [1.29, 1.82) is 0 Å². The van der Waals surface area contributed by atoms with E-state index in [1.54, 1.807) is 0 Å². The molecular weight excluding hydrogens is 565 g/mol. The first-order valence-electron chi connectivity index (χ1n) is 23.1. The molecule has 0 heteroatoms. The second-order valence-electron chi connectivity index (χ2n) is 16.2. The third-order valence-electron chi connectivity index (χ3n) is 11.3. The van der Waals surface area contributed by atoms with Crippen molar-refractivity contribution in [2.75, 3.05) is 0 Å². The summed E-state index contributed by atoms with van der Waals surface area (Å²) in [6, 6.07) is 0. The second kappa shape index (κ2) is 44.0. The number of rotatable bonds is 43. The van der Waals surface area contributed by atoms with Crippen molar-refractivity contribution in [2.45, 2.75) is 290 Å². The van der Waals surface area contributed by atoms with Crippen LogP contribution in [0.3, 0.4) is 0 Å². The molecule has 0 spiro atoms. The van der Waals surface area contributed by atoms with Crippen molar-refractivity contribution >= 4 is 0 Å². The van der Waals surface area contributed by atoms with Gasteiger partial charge in [-0.2, -0.15) is 0 Å². The zero-order chi connectivity index (χ0) is 34.0. The molecule has 0 aromatic carbocycles. The van der Waals surface area contributed by atoms with Gasteiger partial charge in [0.2, 0.25) is 0 Å². The van der Waals surface area contributed by atoms with E-state index in [0.717, 1.165) is 12.3 Å². The summed E-state index contributed by atoms with van der Waals surface area (Å²) >= 11 is 0. The molecule has 1 unspecified atom stereocenters. The molecule has 0 saturated heterocycles. The summed E-state index contributed by atoms with van der Waals surface area (Å²) in [6.07, 6.45) is 63.1. The Balaban J connectivity index is 3.32. The molecule has 0 aliphatic heterocycles. The summed E-state index contributed by atoms with van der Waals surface area (Å²) in [5, 5.41) is 0. The van der Waals surface area contributed by atoms with Gasteiger partial charge in [0.1, 0.15) is 0 Å². The van der Waals surface area contributed by atoms with Gasteiger partial charge < -0.3 is 0 Å². The van der Waals surface area contributed by atoms with E-state index in [9.17, 15) is 0 Å². The van der Waals surface area contributed by atoms with Gasteiger partial charge in [0, 0.05) is 0 Å². The van der Waals surface area contributed by atoms with Crippen LogP contribution in [0.15, 0.2) is 0 Å². The molecular formula is C47H95. The average molecular weight is 660 g/mol. The molecule has 0 amide bonds. The smallest absolute Gasteiger partial charge is 0.0414 e. The zero-order valence-electron chi connectivity index (χ0n) is 33.7. The first-order chi connectivity index (χ1) is 23.3. The van der Waals surface area contributed by atoms with Gasteiger partial charge in [0.05, 0.1) is 0 Å². The lowest BCUT2D eigenvalue weighted by atomic mass is 9.90. The molecule has 283 valence electrons. The molecule has 47 heavy (non-hydrogen) atoms. The molecule has 1 atom stereocenters. The largest absolute Gasteiger partial charge is 0.0654 e. The van der Waals surface area contributed by atoms with Gasteiger partial charge in [-0.3, -0.25) is 0 Å². The van der Waals surface area contributed by atoms with Gasteiger partial charge in [-0.15, -0.1) is 0 Å². The standard InChI is InChI=1S/C47H95/c1-4-7-9-11-13-15-17-19-21-23-24-25-26-27-29-31-33-35-37-39-41-43-46-47(44-6-3)45-42-40-38-36-34-32-30-28-22-20-18-16-14-12-10-8-5-2/h47H,3-46H2,1-2H3. The minimum absolute atomic E-state index is 0.967. The van der Waals surface area contributed by atoms with Crippen LogP contribution in [0.4, 0.5) is 0 Å². The summed E-state index contributed by atoms with van der Waals surface area (Å²) < 4.78 is 0. The van der Waals surface area contributed by atoms with E-state index >= 15 is 0 Å². The minimum Gasteiger partial charge on any atom is -0.0654 e. The minimum atomic E-state index is 0.967. The van der Waals surface area contributed by atoms with E-state index in [1.165, 1.54) is 270 Å². The fourth-order valence-electron chi connectivity index (χ4n) is 7.92. The van der Waals surface area contributed by atoms with Crippen molar-refractivity contribution in [1.82, 2.24) is 0 Å². The summed E-state index contributed by atoms with van der Waals surface area (Å²) in [7, 11) is 0. The maximum atomic E-state index is 4.19. The highest BCUT2D eigenvalue weighted by Gasteiger charge is 2.07. The number of unbranched alkanes of at least 4 members (excludes halogenated alkanes) is 37. The van der Waals surface area contributed by atoms with Crippen LogP contribution in [0.25, 0.3) is 0 Å². The fourth-order valence-corrected chi connectivity index (χ4v) is 7.92. The predicted octanol–water partition coefficient (Wildman–Crippen LogP) is 18.3. The van der Waals surface area contributed by atoms with E-state index in [1.807, 2.05) is 0 Å². The monoisotopic (exact) mass is 660 g/mol. The van der Waals surface area contributed by atoms with Crippen LogP contribution in [-0.2, 0) is 0 Å². The van der Waals surface area contributed by atoms with Crippen LogP contribution in [0.5, 0.6) is 0 Å². The molecule has 0 aromatic rings. The number of hydrogen-bond acceptors (Lipinski definition) is 0. The molecule has 0 heterocycles. The molecule has 0 rings (SSSR count). The SMILES string of the molecule is [CH2]CCC(CCCCCCCCCCCCCCCCCCC)CCCCCCCCCCCCCCCCCCCCCCCC. The van der Waals surface area contributed by atoms with Gasteiger partial charge in [-0.05, 0) is 5.92 Å². The Bertz CT molecular complexity index is 508. The van der Waals surface area contributed by atoms with Crippen LogP contribution in [-0.4, -0.2) is 0 Å². The summed E-state index contributed by atoms with van der Waals surface area (Å²) in [4.78, 5) is 0. The summed E-state index contributed by atoms with van der Waals surface area (Å²) in [5.74, 6) is 0.967. The third-order valence-corrected chi connectivity index (χ3v) is 11.3. The lowest BCUT2D eigenvalue weighted by Crippen LogP contribution is -2.00. The fraction of sp³-hybridized carbons (Fsp3) is 0.979. The predicted molar refractivity (Wildman–Crippen MR) is 219 cm³/mol. The van der Waals surface area contributed by atoms with Gasteiger partial charge >= 0.3 is 0 Å². The Morgan fingerprint density at radius 3 is 0.574 bits per heavy atom. The second-order valence-corrected chi connectivity index (χ2v) is 16.2. The van der Waals surface area contributed by atoms with Gasteiger partial charge in [-0.25, -0.2) is 0 Å². The van der Waals surface area contributed by atoms with Gasteiger partial charge in [0.25, 0.3) is 0 Å². The highest BCUT2D eigenvalue weighted by atomic mass is 14.1. The maximum absolute atomic E-state index is 4.19. The molecule has 0 fully saturated rings. The highest BCUT2D eigenvalue weighted by Crippen LogP contribution is 2.24.